The van der Waals surface area contributed by atoms with Gasteiger partial charge in [-0.3, -0.25) is 4.79 Å². The van der Waals surface area contributed by atoms with E-state index in [4.69, 9.17) is 9.47 Å². The highest BCUT2D eigenvalue weighted by Crippen LogP contribution is 2.51. The summed E-state index contributed by atoms with van der Waals surface area (Å²) in [5, 5.41) is 9.59. The van der Waals surface area contributed by atoms with Crippen LogP contribution in [-0.2, 0) is 15.9 Å². The van der Waals surface area contributed by atoms with Crippen molar-refractivity contribution in [2.24, 2.45) is 5.41 Å². The first-order chi connectivity index (χ1) is 9.63. The maximum atomic E-state index is 12.7. The lowest BCUT2D eigenvalue weighted by Crippen LogP contribution is -2.42. The van der Waals surface area contributed by atoms with E-state index in [0.717, 1.165) is 43.2 Å². The highest BCUT2D eigenvalue weighted by Gasteiger charge is 2.52. The summed E-state index contributed by atoms with van der Waals surface area (Å²) in [5.41, 5.74) is 1.47. The van der Waals surface area contributed by atoms with Crippen molar-refractivity contribution in [2.45, 2.75) is 37.9 Å². The molecule has 4 nitrogen and oxygen atoms in total. The van der Waals surface area contributed by atoms with E-state index in [2.05, 4.69) is 0 Å². The Balaban J connectivity index is 1.60. The fourth-order valence-corrected chi connectivity index (χ4v) is 3.98. The van der Waals surface area contributed by atoms with Crippen molar-refractivity contribution in [3.8, 4) is 5.75 Å². The van der Waals surface area contributed by atoms with Crippen LogP contribution in [0.1, 0.15) is 41.6 Å². The lowest BCUT2D eigenvalue weighted by molar-refractivity contribution is -0.187. The molecule has 0 amide bonds. The third-order valence-corrected chi connectivity index (χ3v) is 5.13. The Kier molecular flexibility index (Phi) is 2.51. The molecule has 106 valence electrons. The van der Waals surface area contributed by atoms with Gasteiger partial charge in [0.25, 0.3) is 0 Å². The molecule has 0 unspecified atom stereocenters. The van der Waals surface area contributed by atoms with Crippen molar-refractivity contribution in [2.75, 3.05) is 13.2 Å². The first kappa shape index (κ1) is 12.4. The fourth-order valence-electron chi connectivity index (χ4n) is 3.98. The number of phenolic OH excluding ortho intramolecular Hbond substituents is 1. The molecular weight excluding hydrogens is 256 g/mol. The number of phenols is 1. The van der Waals surface area contributed by atoms with E-state index in [1.807, 2.05) is 0 Å². The van der Waals surface area contributed by atoms with Crippen molar-refractivity contribution >= 4 is 5.78 Å². The summed E-state index contributed by atoms with van der Waals surface area (Å²) < 4.78 is 11.5. The Bertz CT molecular complexity index is 562. The molecule has 4 rings (SSSR count). The Morgan fingerprint density at radius 2 is 1.75 bits per heavy atom. The van der Waals surface area contributed by atoms with Crippen LogP contribution in [0.5, 0.6) is 5.75 Å². The Morgan fingerprint density at radius 3 is 2.45 bits per heavy atom. The normalized spacial score (nSPS) is 26.3. The van der Waals surface area contributed by atoms with Crippen LogP contribution in [-0.4, -0.2) is 29.9 Å². The number of ketones is 1. The second-order valence-corrected chi connectivity index (χ2v) is 6.24. The minimum Gasteiger partial charge on any atom is -0.508 e. The number of aromatic hydroxyl groups is 1. The predicted molar refractivity (Wildman–Crippen MR) is 71.7 cm³/mol. The molecule has 20 heavy (non-hydrogen) atoms. The average Bonchev–Trinajstić information content (AvgIpc) is 2.99. The SMILES string of the molecule is O=C1c2ccc(O)cc2CC12CCC1(CC2)OCCO1. The minimum absolute atomic E-state index is 0.236. The van der Waals surface area contributed by atoms with Gasteiger partial charge in [-0.25, -0.2) is 0 Å². The molecule has 2 fully saturated rings. The van der Waals surface area contributed by atoms with E-state index in [0.29, 0.717) is 13.2 Å². The monoisotopic (exact) mass is 274 g/mol. The van der Waals surface area contributed by atoms with Gasteiger partial charge in [0.15, 0.2) is 11.6 Å². The standard InChI is InChI=1S/C16H18O4/c17-12-1-2-13-11(9-12)10-15(14(13)18)3-5-16(6-4-15)19-7-8-20-16/h1-2,9,17H,3-8,10H2. The summed E-state index contributed by atoms with van der Waals surface area (Å²) in [6.45, 7) is 1.32. The predicted octanol–water partition coefficient (Wildman–Crippen LogP) is 2.43. The van der Waals surface area contributed by atoms with Gasteiger partial charge < -0.3 is 14.6 Å². The van der Waals surface area contributed by atoms with Crippen LogP contribution >= 0.6 is 0 Å². The molecule has 1 aromatic carbocycles. The smallest absolute Gasteiger partial charge is 0.169 e. The molecule has 4 heteroatoms. The molecule has 0 atom stereocenters. The fraction of sp³-hybridized carbons (Fsp3) is 0.562. The number of rotatable bonds is 0. The van der Waals surface area contributed by atoms with Gasteiger partial charge in [0.05, 0.1) is 13.2 Å². The van der Waals surface area contributed by atoms with Crippen LogP contribution < -0.4 is 0 Å². The number of benzene rings is 1. The first-order valence-electron chi connectivity index (χ1n) is 7.27. The van der Waals surface area contributed by atoms with Gasteiger partial charge in [-0.15, -0.1) is 0 Å². The van der Waals surface area contributed by atoms with Crippen molar-refractivity contribution in [3.05, 3.63) is 29.3 Å². The number of Topliss-reactive ketones (excluding diaryl/α,β-unsaturated/α-hetero) is 1. The summed E-state index contributed by atoms with van der Waals surface area (Å²) in [4.78, 5) is 12.7. The number of carbonyl (C=O) groups excluding carboxylic acids is 1. The third kappa shape index (κ3) is 1.64. The van der Waals surface area contributed by atoms with Gasteiger partial charge in [0.1, 0.15) is 5.75 Å². The molecule has 2 aliphatic carbocycles. The Hall–Kier alpha value is -1.39. The van der Waals surface area contributed by atoms with Gasteiger partial charge >= 0.3 is 0 Å². The molecule has 1 aromatic rings. The quantitative estimate of drug-likeness (QED) is 0.789. The summed E-state index contributed by atoms with van der Waals surface area (Å²) in [7, 11) is 0. The zero-order valence-electron chi connectivity index (χ0n) is 11.4. The molecule has 1 saturated carbocycles. The van der Waals surface area contributed by atoms with Crippen LogP contribution in [0.3, 0.4) is 0 Å². The highest BCUT2D eigenvalue weighted by molar-refractivity contribution is 6.05. The van der Waals surface area contributed by atoms with E-state index < -0.39 is 5.79 Å². The van der Waals surface area contributed by atoms with Crippen molar-refractivity contribution in [1.29, 1.82) is 0 Å². The number of hydrogen-bond acceptors (Lipinski definition) is 4. The molecule has 0 bridgehead atoms. The topological polar surface area (TPSA) is 55.8 Å². The van der Waals surface area contributed by atoms with Crippen LogP contribution in [0.15, 0.2) is 18.2 Å². The van der Waals surface area contributed by atoms with Crippen LogP contribution in [0.2, 0.25) is 0 Å². The zero-order chi connectivity index (χ0) is 13.8. The Morgan fingerprint density at radius 1 is 1.05 bits per heavy atom. The van der Waals surface area contributed by atoms with Gasteiger partial charge in [0.2, 0.25) is 0 Å². The van der Waals surface area contributed by atoms with Crippen LogP contribution in [0, 0.1) is 5.41 Å². The molecule has 2 spiro atoms. The number of fused-ring (bicyclic) bond motifs is 1. The minimum atomic E-state index is -0.428. The number of hydrogen-bond donors (Lipinski definition) is 1. The molecule has 1 heterocycles. The van der Waals surface area contributed by atoms with E-state index >= 15 is 0 Å². The number of carbonyl (C=O) groups is 1. The van der Waals surface area contributed by atoms with Gasteiger partial charge in [-0.2, -0.15) is 0 Å². The third-order valence-electron chi connectivity index (χ3n) is 5.13. The summed E-state index contributed by atoms with van der Waals surface area (Å²) in [6, 6.07) is 5.09. The zero-order valence-corrected chi connectivity index (χ0v) is 11.4. The second-order valence-electron chi connectivity index (χ2n) is 6.24. The molecule has 1 aliphatic heterocycles. The summed E-state index contributed by atoms with van der Waals surface area (Å²) in [5.74, 6) is 0.0475. The van der Waals surface area contributed by atoms with Gasteiger partial charge in [0, 0.05) is 23.8 Å². The largest absolute Gasteiger partial charge is 0.508 e. The van der Waals surface area contributed by atoms with Crippen LogP contribution in [0.25, 0.3) is 0 Å². The molecule has 1 N–H and O–H groups in total. The van der Waals surface area contributed by atoms with Crippen molar-refractivity contribution in [1.82, 2.24) is 0 Å². The second kappa shape index (κ2) is 4.06. The molecule has 0 aromatic heterocycles. The molecule has 1 saturated heterocycles. The molecule has 0 radical (unpaired) electrons. The van der Waals surface area contributed by atoms with E-state index in [1.54, 1.807) is 18.2 Å². The van der Waals surface area contributed by atoms with Gasteiger partial charge in [-0.05, 0) is 43.0 Å². The van der Waals surface area contributed by atoms with Crippen LogP contribution in [0.4, 0.5) is 0 Å². The van der Waals surface area contributed by atoms with E-state index in [9.17, 15) is 9.90 Å². The maximum absolute atomic E-state index is 12.7. The lowest BCUT2D eigenvalue weighted by atomic mass is 9.69. The van der Waals surface area contributed by atoms with Gasteiger partial charge in [-0.1, -0.05) is 0 Å². The summed E-state index contributed by atoms with van der Waals surface area (Å²) >= 11 is 0. The molecular formula is C16H18O4. The first-order valence-corrected chi connectivity index (χ1v) is 7.27. The van der Waals surface area contributed by atoms with Crippen molar-refractivity contribution in [3.63, 3.8) is 0 Å². The van der Waals surface area contributed by atoms with E-state index in [1.165, 1.54) is 0 Å². The highest BCUT2D eigenvalue weighted by atomic mass is 16.7. The lowest BCUT2D eigenvalue weighted by Gasteiger charge is -2.40. The van der Waals surface area contributed by atoms with Crippen molar-refractivity contribution < 1.29 is 19.4 Å². The number of ether oxygens (including phenoxy) is 2. The molecule has 3 aliphatic rings. The maximum Gasteiger partial charge on any atom is 0.169 e. The Labute approximate surface area is 117 Å². The average molecular weight is 274 g/mol. The van der Waals surface area contributed by atoms with E-state index in [-0.39, 0.29) is 16.9 Å². The summed E-state index contributed by atoms with van der Waals surface area (Å²) in [6.07, 6.45) is 3.94.